The Kier molecular flexibility index (Phi) is 4.04. The van der Waals surface area contributed by atoms with Gasteiger partial charge in [-0.15, -0.1) is 10.2 Å². The molecule has 0 aliphatic carbocycles. The zero-order chi connectivity index (χ0) is 14.7. The molecule has 1 aromatic carbocycles. The van der Waals surface area contributed by atoms with Crippen LogP contribution < -0.4 is 5.32 Å². The molecule has 1 N–H and O–H groups in total. The lowest BCUT2D eigenvalue weighted by Gasteiger charge is -2.04. The van der Waals surface area contributed by atoms with Crippen molar-refractivity contribution < 1.29 is 9.72 Å². The van der Waals surface area contributed by atoms with Crippen LogP contribution in [0.2, 0.25) is 0 Å². The van der Waals surface area contributed by atoms with Gasteiger partial charge in [0, 0.05) is 5.56 Å². The molecule has 0 aliphatic rings. The Balaban J connectivity index is 2.29. The average molecular weight is 292 g/mol. The third kappa shape index (κ3) is 2.80. The molecule has 104 valence electrons. The first kappa shape index (κ1) is 14.1. The minimum Gasteiger partial charge on any atom is -0.296 e. The largest absolute Gasteiger partial charge is 0.296 e. The number of hydrogen-bond acceptors (Lipinski definition) is 6. The number of nitro groups is 1. The molecule has 0 bridgehead atoms. The molecule has 2 rings (SSSR count). The number of carbonyl (C=O) groups is 1. The summed E-state index contributed by atoms with van der Waals surface area (Å²) in [4.78, 5) is 22.6. The number of aromatic nitrogens is 2. The number of anilines is 1. The van der Waals surface area contributed by atoms with Crippen molar-refractivity contribution in [2.75, 3.05) is 5.32 Å². The van der Waals surface area contributed by atoms with E-state index < -0.39 is 10.8 Å². The molecule has 8 heteroatoms. The zero-order valence-electron chi connectivity index (χ0n) is 10.9. The molecule has 1 aromatic heterocycles. The third-order valence-electron chi connectivity index (χ3n) is 2.65. The highest BCUT2D eigenvalue weighted by molar-refractivity contribution is 7.15. The molecule has 1 amide bonds. The van der Waals surface area contributed by atoms with Crippen LogP contribution in [-0.4, -0.2) is 21.0 Å². The Hall–Kier alpha value is -2.35. The molecule has 7 nitrogen and oxygen atoms in total. The van der Waals surface area contributed by atoms with Crippen molar-refractivity contribution in [1.82, 2.24) is 10.2 Å². The quantitative estimate of drug-likeness (QED) is 0.689. The standard InChI is InChI=1S/C12H12N4O3S/c1-3-9-14-15-12(20-9)13-11(17)8-6-4-5-7(2)10(8)16(18)19/h4-6H,3H2,1-2H3,(H,13,15,17). The zero-order valence-corrected chi connectivity index (χ0v) is 11.7. The van der Waals surface area contributed by atoms with Crippen LogP contribution in [0.15, 0.2) is 18.2 Å². The summed E-state index contributed by atoms with van der Waals surface area (Å²) in [5, 5.41) is 22.4. The summed E-state index contributed by atoms with van der Waals surface area (Å²) >= 11 is 1.25. The first-order valence-electron chi connectivity index (χ1n) is 5.90. The van der Waals surface area contributed by atoms with Crippen LogP contribution >= 0.6 is 11.3 Å². The second kappa shape index (κ2) is 5.74. The van der Waals surface area contributed by atoms with Gasteiger partial charge in [0.2, 0.25) is 5.13 Å². The number of rotatable bonds is 4. The van der Waals surface area contributed by atoms with Crippen molar-refractivity contribution in [3.05, 3.63) is 44.4 Å². The summed E-state index contributed by atoms with van der Waals surface area (Å²) in [5.74, 6) is -0.556. The molecule has 1 heterocycles. The van der Waals surface area contributed by atoms with E-state index in [1.165, 1.54) is 17.4 Å². The summed E-state index contributed by atoms with van der Waals surface area (Å²) in [6.45, 7) is 3.52. The van der Waals surface area contributed by atoms with Gasteiger partial charge in [0.05, 0.1) is 4.92 Å². The number of carbonyl (C=O) groups excluding carboxylic acids is 1. The second-order valence-corrected chi connectivity index (χ2v) is 5.10. The molecule has 0 fully saturated rings. The fourth-order valence-corrected chi connectivity index (χ4v) is 2.37. The number of para-hydroxylation sites is 1. The summed E-state index contributed by atoms with van der Waals surface area (Å²) in [6, 6.07) is 4.62. The minimum absolute atomic E-state index is 0.0169. The van der Waals surface area contributed by atoms with Crippen molar-refractivity contribution in [3.8, 4) is 0 Å². The number of aryl methyl sites for hydroxylation is 2. The molecule has 0 aliphatic heterocycles. The van der Waals surface area contributed by atoms with Gasteiger partial charge in [-0.05, 0) is 19.4 Å². The molecular weight excluding hydrogens is 280 g/mol. The Bertz CT molecular complexity index is 668. The van der Waals surface area contributed by atoms with Crippen molar-refractivity contribution in [1.29, 1.82) is 0 Å². The van der Waals surface area contributed by atoms with Crippen LogP contribution in [-0.2, 0) is 6.42 Å². The number of nitro benzene ring substituents is 1. The molecule has 20 heavy (non-hydrogen) atoms. The van der Waals surface area contributed by atoms with E-state index in [2.05, 4.69) is 15.5 Å². The first-order valence-corrected chi connectivity index (χ1v) is 6.72. The van der Waals surface area contributed by atoms with E-state index in [1.54, 1.807) is 19.1 Å². The summed E-state index contributed by atoms with van der Waals surface area (Å²) in [7, 11) is 0. The van der Waals surface area contributed by atoms with Crippen LogP contribution in [0.3, 0.4) is 0 Å². The van der Waals surface area contributed by atoms with Crippen LogP contribution in [0.25, 0.3) is 0 Å². The van der Waals surface area contributed by atoms with Gasteiger partial charge in [0.15, 0.2) is 0 Å². The van der Waals surface area contributed by atoms with Gasteiger partial charge in [-0.3, -0.25) is 20.2 Å². The molecule has 0 spiro atoms. The van der Waals surface area contributed by atoms with Crippen LogP contribution in [0.1, 0.15) is 27.9 Å². The summed E-state index contributed by atoms with van der Waals surface area (Å²) in [5.41, 5.74) is 0.266. The maximum absolute atomic E-state index is 12.1. The molecule has 0 saturated heterocycles. The smallest absolute Gasteiger partial charge is 0.285 e. The van der Waals surface area contributed by atoms with Gasteiger partial charge >= 0.3 is 0 Å². The molecule has 0 unspecified atom stereocenters. The van der Waals surface area contributed by atoms with E-state index in [-0.39, 0.29) is 11.3 Å². The van der Waals surface area contributed by atoms with Crippen LogP contribution in [0.4, 0.5) is 10.8 Å². The van der Waals surface area contributed by atoms with E-state index in [0.717, 1.165) is 11.4 Å². The Morgan fingerprint density at radius 1 is 1.45 bits per heavy atom. The van der Waals surface area contributed by atoms with Crippen LogP contribution in [0.5, 0.6) is 0 Å². The fraction of sp³-hybridized carbons (Fsp3) is 0.250. The van der Waals surface area contributed by atoms with Crippen molar-refractivity contribution in [2.24, 2.45) is 0 Å². The lowest BCUT2D eigenvalue weighted by Crippen LogP contribution is -2.14. The second-order valence-electron chi connectivity index (χ2n) is 4.04. The highest BCUT2D eigenvalue weighted by Gasteiger charge is 2.23. The Morgan fingerprint density at radius 2 is 2.20 bits per heavy atom. The molecular formula is C12H12N4O3S. The third-order valence-corrected chi connectivity index (χ3v) is 3.64. The maximum atomic E-state index is 12.1. The number of nitrogens with one attached hydrogen (secondary N) is 1. The predicted molar refractivity (Wildman–Crippen MR) is 75.1 cm³/mol. The number of benzene rings is 1. The lowest BCUT2D eigenvalue weighted by atomic mass is 10.1. The SMILES string of the molecule is CCc1nnc(NC(=O)c2cccc(C)c2[N+](=O)[O-])s1. The van der Waals surface area contributed by atoms with E-state index in [0.29, 0.717) is 10.7 Å². The van der Waals surface area contributed by atoms with Crippen molar-refractivity contribution in [3.63, 3.8) is 0 Å². The highest BCUT2D eigenvalue weighted by Crippen LogP contribution is 2.24. The highest BCUT2D eigenvalue weighted by atomic mass is 32.1. The van der Waals surface area contributed by atoms with Gasteiger partial charge in [-0.25, -0.2) is 0 Å². The van der Waals surface area contributed by atoms with E-state index in [9.17, 15) is 14.9 Å². The average Bonchev–Trinajstić information content (AvgIpc) is 2.85. The van der Waals surface area contributed by atoms with Gasteiger partial charge in [-0.1, -0.05) is 30.4 Å². The van der Waals surface area contributed by atoms with E-state index in [4.69, 9.17) is 0 Å². The van der Waals surface area contributed by atoms with Gasteiger partial charge in [0.1, 0.15) is 10.6 Å². The number of amides is 1. The topological polar surface area (TPSA) is 98.0 Å². The Morgan fingerprint density at radius 3 is 2.80 bits per heavy atom. The molecule has 2 aromatic rings. The van der Waals surface area contributed by atoms with Crippen LogP contribution in [0, 0.1) is 17.0 Å². The van der Waals surface area contributed by atoms with E-state index in [1.807, 2.05) is 6.92 Å². The predicted octanol–water partition coefficient (Wildman–Crippen LogP) is 2.57. The van der Waals surface area contributed by atoms with Crippen molar-refractivity contribution >= 4 is 28.1 Å². The number of hydrogen-bond donors (Lipinski definition) is 1. The normalized spacial score (nSPS) is 10.3. The minimum atomic E-state index is -0.556. The fourth-order valence-electron chi connectivity index (χ4n) is 1.70. The summed E-state index contributed by atoms with van der Waals surface area (Å²) < 4.78 is 0. The van der Waals surface area contributed by atoms with Gasteiger partial charge < -0.3 is 0 Å². The molecule has 0 saturated carbocycles. The van der Waals surface area contributed by atoms with Crippen molar-refractivity contribution in [2.45, 2.75) is 20.3 Å². The maximum Gasteiger partial charge on any atom is 0.285 e. The number of nitrogens with zero attached hydrogens (tertiary/aromatic N) is 3. The molecule has 0 radical (unpaired) electrons. The monoisotopic (exact) mass is 292 g/mol. The summed E-state index contributed by atoms with van der Waals surface area (Å²) in [6.07, 6.45) is 0.720. The first-order chi connectivity index (χ1) is 9.52. The van der Waals surface area contributed by atoms with Gasteiger partial charge in [-0.2, -0.15) is 0 Å². The Labute approximate surface area is 118 Å². The van der Waals surface area contributed by atoms with E-state index >= 15 is 0 Å². The molecule has 0 atom stereocenters. The van der Waals surface area contributed by atoms with Gasteiger partial charge in [0.25, 0.3) is 11.6 Å². The lowest BCUT2D eigenvalue weighted by molar-refractivity contribution is -0.385.